The molecule has 0 atom stereocenters. The zero-order valence-corrected chi connectivity index (χ0v) is 12.0. The fourth-order valence-electron chi connectivity index (χ4n) is 2.25. The molecule has 2 heterocycles. The standard InChI is InChI=1S/C17H15N3O2/c1-11-2-4-13(5-3-11)16-15(22-17(18)21)10-14(20-16)12-6-8-19-9-7-12/h2-10,20H,1H3,(H2,18,21). The number of H-pyrrole nitrogens is 1. The van der Waals surface area contributed by atoms with Crippen LogP contribution < -0.4 is 10.5 Å². The first-order valence-corrected chi connectivity index (χ1v) is 6.81. The van der Waals surface area contributed by atoms with Gasteiger partial charge in [-0.3, -0.25) is 4.98 Å². The molecule has 3 rings (SSSR count). The molecule has 22 heavy (non-hydrogen) atoms. The van der Waals surface area contributed by atoms with Gasteiger partial charge in [0.1, 0.15) is 0 Å². The highest BCUT2D eigenvalue weighted by Crippen LogP contribution is 2.34. The summed E-state index contributed by atoms with van der Waals surface area (Å²) in [5, 5.41) is 0. The molecule has 3 aromatic rings. The van der Waals surface area contributed by atoms with Gasteiger partial charge in [-0.05, 0) is 19.1 Å². The lowest BCUT2D eigenvalue weighted by atomic mass is 10.1. The number of aromatic amines is 1. The molecule has 0 radical (unpaired) electrons. The summed E-state index contributed by atoms with van der Waals surface area (Å²) in [5.74, 6) is 0.406. The second kappa shape index (κ2) is 5.73. The lowest BCUT2D eigenvalue weighted by Gasteiger charge is -2.04. The minimum Gasteiger partial charge on any atom is -0.408 e. The third-order valence-electron chi connectivity index (χ3n) is 3.32. The molecule has 0 spiro atoms. The highest BCUT2D eigenvalue weighted by molar-refractivity contribution is 5.78. The van der Waals surface area contributed by atoms with E-state index in [2.05, 4.69) is 9.97 Å². The van der Waals surface area contributed by atoms with Gasteiger partial charge in [0.25, 0.3) is 0 Å². The van der Waals surface area contributed by atoms with Crippen molar-refractivity contribution in [2.75, 3.05) is 0 Å². The van der Waals surface area contributed by atoms with Gasteiger partial charge in [0.15, 0.2) is 5.75 Å². The van der Waals surface area contributed by atoms with Crippen molar-refractivity contribution in [3.63, 3.8) is 0 Å². The van der Waals surface area contributed by atoms with E-state index in [1.807, 2.05) is 43.3 Å². The summed E-state index contributed by atoms with van der Waals surface area (Å²) in [6, 6.07) is 13.4. The van der Waals surface area contributed by atoms with Crippen LogP contribution in [0.2, 0.25) is 0 Å². The molecule has 5 heteroatoms. The average molecular weight is 293 g/mol. The number of aromatic nitrogens is 2. The summed E-state index contributed by atoms with van der Waals surface area (Å²) in [4.78, 5) is 18.4. The van der Waals surface area contributed by atoms with Crippen molar-refractivity contribution in [1.29, 1.82) is 0 Å². The highest BCUT2D eigenvalue weighted by Gasteiger charge is 2.14. The van der Waals surface area contributed by atoms with E-state index in [4.69, 9.17) is 10.5 Å². The third-order valence-corrected chi connectivity index (χ3v) is 3.32. The molecule has 0 unspecified atom stereocenters. The molecule has 0 aliphatic carbocycles. The minimum atomic E-state index is -0.839. The van der Waals surface area contributed by atoms with E-state index in [1.165, 1.54) is 0 Å². The number of pyridine rings is 1. The Morgan fingerprint density at radius 3 is 2.41 bits per heavy atom. The molecular formula is C17H15N3O2. The molecule has 0 aliphatic heterocycles. The van der Waals surface area contributed by atoms with E-state index >= 15 is 0 Å². The Morgan fingerprint density at radius 2 is 1.77 bits per heavy atom. The van der Waals surface area contributed by atoms with Crippen LogP contribution in [0.15, 0.2) is 54.9 Å². The maximum absolute atomic E-state index is 11.1. The van der Waals surface area contributed by atoms with Crippen molar-refractivity contribution in [2.45, 2.75) is 6.92 Å². The Labute approximate surface area is 127 Å². The molecule has 0 aliphatic rings. The zero-order valence-electron chi connectivity index (χ0n) is 12.0. The number of nitrogens with one attached hydrogen (secondary N) is 1. The number of benzene rings is 1. The van der Waals surface area contributed by atoms with Crippen LogP contribution in [0.4, 0.5) is 4.79 Å². The van der Waals surface area contributed by atoms with Crippen LogP contribution in [0.1, 0.15) is 5.56 Å². The number of carbonyl (C=O) groups is 1. The molecule has 3 N–H and O–H groups in total. The van der Waals surface area contributed by atoms with Gasteiger partial charge in [-0.15, -0.1) is 0 Å². The van der Waals surface area contributed by atoms with Crippen LogP contribution in [-0.2, 0) is 0 Å². The Balaban J connectivity index is 2.09. The van der Waals surface area contributed by atoms with Crippen LogP contribution >= 0.6 is 0 Å². The van der Waals surface area contributed by atoms with E-state index < -0.39 is 6.09 Å². The van der Waals surface area contributed by atoms with Gasteiger partial charge in [-0.25, -0.2) is 4.79 Å². The van der Waals surface area contributed by atoms with E-state index in [9.17, 15) is 4.79 Å². The predicted octanol–water partition coefficient (Wildman–Crippen LogP) is 3.51. The summed E-state index contributed by atoms with van der Waals surface area (Å²) in [7, 11) is 0. The Hall–Kier alpha value is -3.08. The van der Waals surface area contributed by atoms with Crippen molar-refractivity contribution in [1.82, 2.24) is 9.97 Å². The molecule has 0 saturated carbocycles. The number of nitrogens with zero attached hydrogens (tertiary/aromatic N) is 1. The van der Waals surface area contributed by atoms with E-state index in [-0.39, 0.29) is 0 Å². The molecule has 0 bridgehead atoms. The largest absolute Gasteiger partial charge is 0.410 e. The maximum Gasteiger partial charge on any atom is 0.410 e. The van der Waals surface area contributed by atoms with Crippen LogP contribution in [0.25, 0.3) is 22.5 Å². The topological polar surface area (TPSA) is 81.0 Å². The second-order valence-electron chi connectivity index (χ2n) is 4.95. The van der Waals surface area contributed by atoms with Gasteiger partial charge in [-0.2, -0.15) is 0 Å². The van der Waals surface area contributed by atoms with Crippen molar-refractivity contribution in [3.8, 4) is 28.3 Å². The van der Waals surface area contributed by atoms with Gasteiger partial charge in [0, 0.05) is 35.3 Å². The maximum atomic E-state index is 11.1. The first-order chi connectivity index (χ1) is 10.6. The van der Waals surface area contributed by atoms with Gasteiger partial charge in [-0.1, -0.05) is 29.8 Å². The van der Waals surface area contributed by atoms with Crippen LogP contribution in [0.3, 0.4) is 0 Å². The molecule has 5 nitrogen and oxygen atoms in total. The van der Waals surface area contributed by atoms with E-state index in [0.29, 0.717) is 11.4 Å². The Bertz CT molecular complexity index is 793. The van der Waals surface area contributed by atoms with Crippen LogP contribution in [-0.4, -0.2) is 16.1 Å². The number of primary amides is 1. The average Bonchev–Trinajstić information content (AvgIpc) is 2.92. The molecule has 0 fully saturated rings. The lowest BCUT2D eigenvalue weighted by molar-refractivity contribution is 0.211. The van der Waals surface area contributed by atoms with Gasteiger partial charge in [0.05, 0.1) is 5.69 Å². The summed E-state index contributed by atoms with van der Waals surface area (Å²) in [5.41, 5.74) is 9.72. The molecule has 1 amide bonds. The molecular weight excluding hydrogens is 278 g/mol. The fourth-order valence-corrected chi connectivity index (χ4v) is 2.25. The van der Waals surface area contributed by atoms with Crippen molar-refractivity contribution in [2.24, 2.45) is 5.73 Å². The SMILES string of the molecule is Cc1ccc(-c2[nH]c(-c3ccncc3)cc2OC(N)=O)cc1. The number of hydrogen-bond acceptors (Lipinski definition) is 3. The number of aryl methyl sites for hydroxylation is 1. The molecule has 110 valence electrons. The molecule has 2 aromatic heterocycles. The molecule has 1 aromatic carbocycles. The van der Waals surface area contributed by atoms with Crippen molar-refractivity contribution < 1.29 is 9.53 Å². The summed E-state index contributed by atoms with van der Waals surface area (Å²) >= 11 is 0. The van der Waals surface area contributed by atoms with Crippen LogP contribution in [0.5, 0.6) is 5.75 Å². The third kappa shape index (κ3) is 2.83. The van der Waals surface area contributed by atoms with Crippen molar-refractivity contribution >= 4 is 6.09 Å². The quantitative estimate of drug-likeness (QED) is 0.775. The van der Waals surface area contributed by atoms with Gasteiger partial charge >= 0.3 is 6.09 Å². The Kier molecular flexibility index (Phi) is 3.62. The van der Waals surface area contributed by atoms with Gasteiger partial charge in [0.2, 0.25) is 0 Å². The van der Waals surface area contributed by atoms with E-state index in [0.717, 1.165) is 22.4 Å². The minimum absolute atomic E-state index is 0.406. The summed E-state index contributed by atoms with van der Waals surface area (Å²) in [6.45, 7) is 2.02. The van der Waals surface area contributed by atoms with E-state index in [1.54, 1.807) is 18.5 Å². The van der Waals surface area contributed by atoms with Crippen molar-refractivity contribution in [3.05, 3.63) is 60.4 Å². The second-order valence-corrected chi connectivity index (χ2v) is 4.95. The predicted molar refractivity (Wildman–Crippen MR) is 84.4 cm³/mol. The first-order valence-electron chi connectivity index (χ1n) is 6.81. The zero-order chi connectivity index (χ0) is 15.5. The number of amides is 1. The summed E-state index contributed by atoms with van der Waals surface area (Å²) in [6.07, 6.45) is 2.57. The number of rotatable bonds is 3. The fraction of sp³-hybridized carbons (Fsp3) is 0.0588. The number of carbonyl (C=O) groups excluding carboxylic acids is 1. The normalized spacial score (nSPS) is 10.4. The lowest BCUT2D eigenvalue weighted by Crippen LogP contribution is -2.16. The Morgan fingerprint density at radius 1 is 1.09 bits per heavy atom. The van der Waals surface area contributed by atoms with Gasteiger partial charge < -0.3 is 15.5 Å². The summed E-state index contributed by atoms with van der Waals surface area (Å²) < 4.78 is 5.12. The number of nitrogens with two attached hydrogens (primary N) is 1. The first kappa shape index (κ1) is 13.9. The van der Waals surface area contributed by atoms with Crippen LogP contribution in [0, 0.1) is 6.92 Å². The molecule has 0 saturated heterocycles. The highest BCUT2D eigenvalue weighted by atomic mass is 16.5. The monoisotopic (exact) mass is 293 g/mol. The number of ether oxygens (including phenoxy) is 1. The number of hydrogen-bond donors (Lipinski definition) is 2. The smallest absolute Gasteiger partial charge is 0.408 e.